The minimum atomic E-state index is -1.42. The molecule has 3 N–H and O–H groups in total. The molecule has 0 bridgehead atoms. The van der Waals surface area contributed by atoms with Crippen LogP contribution in [-0.4, -0.2) is 98.6 Å². The zero-order valence-electron chi connectivity index (χ0n) is 32.3. The molecule has 2 aromatic rings. The van der Waals surface area contributed by atoms with Crippen molar-refractivity contribution in [1.82, 2.24) is 10.2 Å². The van der Waals surface area contributed by atoms with E-state index >= 15 is 0 Å². The van der Waals surface area contributed by atoms with E-state index < -0.39 is 29.9 Å². The van der Waals surface area contributed by atoms with Crippen molar-refractivity contribution in [2.45, 2.75) is 76.2 Å². The highest BCUT2D eigenvalue weighted by atomic mass is 16.7. The molecule has 13 heteroatoms. The Hall–Kier alpha value is -4.43. The highest BCUT2D eigenvalue weighted by molar-refractivity contribution is 6.02. The van der Waals surface area contributed by atoms with Gasteiger partial charge in [-0.05, 0) is 73.8 Å². The molecule has 0 aromatic heterocycles. The molecule has 6 atom stereocenters. The normalized spacial score (nSPS) is 24.4. The molecule has 1 saturated carbocycles. The number of aliphatic hydroxyl groups excluding tert-OH is 2. The number of fused-ring (bicyclic) bond motifs is 2. The minimum Gasteiger partial charge on any atom is -0.459 e. The lowest BCUT2D eigenvalue weighted by molar-refractivity contribution is -0.253. The molecule has 1 heterocycles. The Kier molecular flexibility index (Phi) is 15.5. The second-order valence-corrected chi connectivity index (χ2v) is 14.1. The predicted octanol–water partition coefficient (Wildman–Crippen LogP) is 6.34. The van der Waals surface area contributed by atoms with Crippen molar-refractivity contribution in [3.8, 4) is 11.5 Å². The fourth-order valence-corrected chi connectivity index (χ4v) is 8.37. The largest absolute Gasteiger partial charge is 0.459 e. The number of amides is 2. The summed E-state index contributed by atoms with van der Waals surface area (Å²) in [6, 6.07) is 14.4. The Morgan fingerprint density at radius 3 is 2.55 bits per heavy atom. The van der Waals surface area contributed by atoms with E-state index in [9.17, 15) is 19.8 Å². The van der Waals surface area contributed by atoms with Gasteiger partial charge >= 0.3 is 12.2 Å². The highest BCUT2D eigenvalue weighted by Crippen LogP contribution is 2.61. The van der Waals surface area contributed by atoms with Crippen LogP contribution in [0.15, 0.2) is 78.0 Å². The molecule has 0 spiro atoms. The maximum absolute atomic E-state index is 13.9. The van der Waals surface area contributed by atoms with Gasteiger partial charge in [0.15, 0.2) is 0 Å². The van der Waals surface area contributed by atoms with Gasteiger partial charge in [-0.25, -0.2) is 9.59 Å². The number of unbranched alkanes of at least 4 members (excludes halogenated alkanes) is 2. The van der Waals surface area contributed by atoms with Gasteiger partial charge in [0, 0.05) is 44.7 Å². The average Bonchev–Trinajstić information content (AvgIpc) is 3.19. The van der Waals surface area contributed by atoms with Gasteiger partial charge in [-0.1, -0.05) is 60.5 Å². The van der Waals surface area contributed by atoms with Gasteiger partial charge in [0.05, 0.1) is 31.5 Å². The van der Waals surface area contributed by atoms with E-state index in [-0.39, 0.29) is 57.2 Å². The molecule has 300 valence electrons. The number of ether oxygens (including phenoxy) is 5. The van der Waals surface area contributed by atoms with E-state index in [0.717, 1.165) is 42.4 Å². The lowest BCUT2D eigenvalue weighted by Gasteiger charge is -2.59. The van der Waals surface area contributed by atoms with Crippen molar-refractivity contribution < 1.29 is 48.3 Å². The predicted molar refractivity (Wildman–Crippen MR) is 207 cm³/mol. The Labute approximate surface area is 324 Å². The first-order chi connectivity index (χ1) is 26.8. The van der Waals surface area contributed by atoms with Crippen molar-refractivity contribution in [3.63, 3.8) is 0 Å². The lowest BCUT2D eigenvalue weighted by atomic mass is 9.55. The summed E-state index contributed by atoms with van der Waals surface area (Å²) in [5.41, 5.74) is 3.42. The van der Waals surface area contributed by atoms with Crippen molar-refractivity contribution in [2.75, 3.05) is 53.7 Å². The maximum Gasteiger partial charge on any atom is 0.412 e. The van der Waals surface area contributed by atoms with Gasteiger partial charge < -0.3 is 49.0 Å². The van der Waals surface area contributed by atoms with Crippen molar-refractivity contribution in [2.24, 2.45) is 22.9 Å². The Balaban J connectivity index is 1.58. The fourth-order valence-electron chi connectivity index (χ4n) is 8.37. The van der Waals surface area contributed by atoms with Crippen LogP contribution in [-0.2, 0) is 25.7 Å². The quantitative estimate of drug-likeness (QED) is 0.0790. The SMILES string of the molecule is C=CCOC12Oc3ccc(OC(=O)NCC)cc3C3C(CCCCO)C(CCCCO)C=C(C(=NOC)CC1N(C)C(=O)OCCOCc1ccccc1)C32. The van der Waals surface area contributed by atoms with E-state index in [0.29, 0.717) is 43.2 Å². The zero-order chi connectivity index (χ0) is 39.2. The van der Waals surface area contributed by atoms with Crippen LogP contribution in [0.2, 0.25) is 0 Å². The molecule has 3 aliphatic rings. The van der Waals surface area contributed by atoms with Gasteiger partial charge in [-0.15, -0.1) is 6.58 Å². The fraction of sp³-hybridized carbons (Fsp3) is 0.548. The summed E-state index contributed by atoms with van der Waals surface area (Å²) in [5.74, 6) is -1.18. The monoisotopic (exact) mass is 763 g/mol. The lowest BCUT2D eigenvalue weighted by Crippen LogP contribution is -2.69. The van der Waals surface area contributed by atoms with Gasteiger partial charge in [-0.2, -0.15) is 0 Å². The molecule has 5 rings (SSSR count). The van der Waals surface area contributed by atoms with E-state index in [1.165, 1.54) is 12.0 Å². The van der Waals surface area contributed by atoms with E-state index in [1.54, 1.807) is 25.3 Å². The molecular formula is C42H57N3O10. The number of carbonyl (C=O) groups is 2. The third-order valence-corrected chi connectivity index (χ3v) is 10.7. The summed E-state index contributed by atoms with van der Waals surface area (Å²) >= 11 is 0. The van der Waals surface area contributed by atoms with Crippen LogP contribution >= 0.6 is 0 Å². The molecule has 2 aromatic carbocycles. The summed E-state index contributed by atoms with van der Waals surface area (Å²) in [7, 11) is 3.17. The van der Waals surface area contributed by atoms with Crippen LogP contribution in [0.4, 0.5) is 9.59 Å². The van der Waals surface area contributed by atoms with Crippen LogP contribution in [0.5, 0.6) is 11.5 Å². The molecule has 1 aliphatic heterocycles. The number of allylic oxidation sites excluding steroid dienone is 1. The number of nitrogens with zero attached hydrogens (tertiary/aromatic N) is 2. The third kappa shape index (κ3) is 9.88. The number of likely N-dealkylation sites (N-methyl/N-ethyl adjacent to an activating group) is 1. The number of hydrogen-bond donors (Lipinski definition) is 3. The molecule has 0 radical (unpaired) electrons. The van der Waals surface area contributed by atoms with Gasteiger partial charge in [0.25, 0.3) is 0 Å². The summed E-state index contributed by atoms with van der Waals surface area (Å²) in [6.45, 7) is 7.12. The molecule has 0 saturated heterocycles. The van der Waals surface area contributed by atoms with E-state index in [1.807, 2.05) is 43.3 Å². The number of hydrogen-bond acceptors (Lipinski definition) is 11. The number of benzene rings is 2. The minimum absolute atomic E-state index is 0.0228. The number of aliphatic hydroxyl groups is 2. The van der Waals surface area contributed by atoms with E-state index in [2.05, 4.69) is 23.1 Å². The van der Waals surface area contributed by atoms with Gasteiger partial charge in [0.1, 0.15) is 31.3 Å². The maximum atomic E-state index is 13.9. The van der Waals surface area contributed by atoms with Crippen molar-refractivity contribution >= 4 is 17.9 Å². The first-order valence-corrected chi connectivity index (χ1v) is 19.4. The molecule has 2 aliphatic carbocycles. The highest BCUT2D eigenvalue weighted by Gasteiger charge is 2.65. The second kappa shape index (κ2) is 20.5. The molecule has 55 heavy (non-hydrogen) atoms. The molecule has 2 amide bonds. The Morgan fingerprint density at radius 2 is 1.84 bits per heavy atom. The molecular weight excluding hydrogens is 706 g/mol. The molecule has 13 nitrogen and oxygen atoms in total. The second-order valence-electron chi connectivity index (χ2n) is 14.1. The Morgan fingerprint density at radius 1 is 1.07 bits per heavy atom. The van der Waals surface area contributed by atoms with Crippen molar-refractivity contribution in [3.05, 3.63) is 84.0 Å². The molecule has 6 unspecified atom stereocenters. The van der Waals surface area contributed by atoms with Crippen LogP contribution < -0.4 is 14.8 Å². The van der Waals surface area contributed by atoms with E-state index in [4.69, 9.17) is 28.5 Å². The molecule has 1 fully saturated rings. The van der Waals surface area contributed by atoms with Crippen molar-refractivity contribution in [1.29, 1.82) is 0 Å². The number of rotatable bonds is 20. The van der Waals surface area contributed by atoms with Crippen LogP contribution in [0, 0.1) is 17.8 Å². The Bertz CT molecular complexity index is 1630. The average molecular weight is 764 g/mol. The summed E-state index contributed by atoms with van der Waals surface area (Å²) < 4.78 is 31.1. The van der Waals surface area contributed by atoms with Gasteiger partial charge in [0.2, 0.25) is 5.79 Å². The van der Waals surface area contributed by atoms with Crippen LogP contribution in [0.1, 0.15) is 68.9 Å². The summed E-state index contributed by atoms with van der Waals surface area (Å²) in [6.07, 6.45) is 7.49. The summed E-state index contributed by atoms with van der Waals surface area (Å²) in [4.78, 5) is 33.4. The zero-order valence-corrected chi connectivity index (χ0v) is 32.3. The van der Waals surface area contributed by atoms with Gasteiger partial charge in [-0.3, -0.25) is 0 Å². The smallest absolute Gasteiger partial charge is 0.412 e. The van der Waals surface area contributed by atoms with Crippen LogP contribution in [0.25, 0.3) is 0 Å². The topological polar surface area (TPSA) is 158 Å². The standard InChI is InChI=1S/C42H57N3O10/c1-5-22-53-42-37(45(3)41(49)52-24-23-51-28-29-14-8-7-9-15-29)27-35(44-50-4)33-25-30(16-10-12-20-46)32(17-11-13-21-47)38(39(33)42)34-26-31(18-19-36(34)55-42)54-40(48)43-6-2/h5,7-9,14-15,18-19,25-26,30,32,37-39,46-47H,1,6,10-13,16-17,20-24,27-28H2,2-4H3,(H,43,48). The number of nitrogens with one attached hydrogen (secondary N) is 1. The first kappa shape index (κ1) is 41.7. The van der Waals surface area contributed by atoms with Crippen LogP contribution in [0.3, 0.4) is 0 Å². The third-order valence-electron chi connectivity index (χ3n) is 10.7. The number of carbonyl (C=O) groups excluding carboxylic acids is 2. The number of oxime groups is 1. The first-order valence-electron chi connectivity index (χ1n) is 19.4. The summed E-state index contributed by atoms with van der Waals surface area (Å²) in [5, 5.41) is 26.7.